The fraction of sp³-hybridized carbons (Fsp3) is 0.923. The summed E-state index contributed by atoms with van der Waals surface area (Å²) in [5.41, 5.74) is -0.0458. The highest BCUT2D eigenvalue weighted by atomic mass is 16.6. The molecular weight excluding hydrogens is 216 g/mol. The first kappa shape index (κ1) is 12.7. The average molecular weight is 240 g/mol. The molecule has 1 atom stereocenters. The van der Waals surface area contributed by atoms with Gasteiger partial charge in [0.05, 0.1) is 0 Å². The summed E-state index contributed by atoms with van der Waals surface area (Å²) >= 11 is 0. The van der Waals surface area contributed by atoms with Crippen LogP contribution in [0.15, 0.2) is 0 Å². The smallest absolute Gasteiger partial charge is 0.410 e. The zero-order valence-electron chi connectivity index (χ0n) is 11.4. The number of hydrogen-bond donors (Lipinski definition) is 1. The van der Waals surface area contributed by atoms with E-state index in [2.05, 4.69) is 12.2 Å². The van der Waals surface area contributed by atoms with Crippen molar-refractivity contribution >= 4 is 6.09 Å². The molecule has 17 heavy (non-hydrogen) atoms. The van der Waals surface area contributed by atoms with Crippen molar-refractivity contribution in [3.8, 4) is 0 Å². The van der Waals surface area contributed by atoms with Crippen LogP contribution >= 0.6 is 0 Å². The summed E-state index contributed by atoms with van der Waals surface area (Å²) in [7, 11) is 0. The lowest BCUT2D eigenvalue weighted by Crippen LogP contribution is -2.67. The third-order valence-electron chi connectivity index (χ3n) is 4.07. The molecule has 1 amide bonds. The van der Waals surface area contributed by atoms with Crippen molar-refractivity contribution in [1.29, 1.82) is 0 Å². The number of hydrogen-bond acceptors (Lipinski definition) is 3. The van der Waals surface area contributed by atoms with Crippen LogP contribution in [0.2, 0.25) is 0 Å². The summed E-state index contributed by atoms with van der Waals surface area (Å²) in [6.07, 6.45) is 2.19. The summed E-state index contributed by atoms with van der Waals surface area (Å²) in [6.45, 7) is 10.9. The second kappa shape index (κ2) is 4.16. The summed E-state index contributed by atoms with van der Waals surface area (Å²) in [4.78, 5) is 13.8. The first-order chi connectivity index (χ1) is 7.84. The molecule has 1 spiro atoms. The van der Waals surface area contributed by atoms with Crippen molar-refractivity contribution in [2.24, 2.45) is 5.41 Å². The largest absolute Gasteiger partial charge is 0.444 e. The normalized spacial score (nSPS) is 27.8. The Morgan fingerprint density at radius 3 is 2.41 bits per heavy atom. The predicted molar refractivity (Wildman–Crippen MR) is 66.9 cm³/mol. The lowest BCUT2D eigenvalue weighted by Gasteiger charge is -2.57. The van der Waals surface area contributed by atoms with Crippen LogP contribution in [0.3, 0.4) is 0 Å². The number of carbonyl (C=O) groups excluding carboxylic acids is 1. The zero-order valence-corrected chi connectivity index (χ0v) is 11.4. The zero-order chi connectivity index (χ0) is 12.7. The van der Waals surface area contributed by atoms with E-state index in [4.69, 9.17) is 4.74 Å². The van der Waals surface area contributed by atoms with E-state index < -0.39 is 5.60 Å². The Morgan fingerprint density at radius 2 is 1.94 bits per heavy atom. The van der Waals surface area contributed by atoms with Crippen LogP contribution in [0.4, 0.5) is 4.79 Å². The molecule has 0 bridgehead atoms. The van der Waals surface area contributed by atoms with Gasteiger partial charge >= 0.3 is 6.09 Å². The summed E-state index contributed by atoms with van der Waals surface area (Å²) in [5, 5.41) is 3.38. The fourth-order valence-electron chi connectivity index (χ4n) is 2.87. The fourth-order valence-corrected chi connectivity index (χ4v) is 2.87. The van der Waals surface area contributed by atoms with Crippen LogP contribution in [0, 0.1) is 5.41 Å². The van der Waals surface area contributed by atoms with E-state index in [0.29, 0.717) is 11.5 Å². The minimum absolute atomic E-state index is 0.158. The molecule has 2 saturated heterocycles. The maximum Gasteiger partial charge on any atom is 0.410 e. The van der Waals surface area contributed by atoms with Gasteiger partial charge in [0.25, 0.3) is 0 Å². The van der Waals surface area contributed by atoms with Crippen LogP contribution in [0.5, 0.6) is 0 Å². The van der Waals surface area contributed by atoms with E-state index >= 15 is 0 Å². The van der Waals surface area contributed by atoms with E-state index in [0.717, 1.165) is 19.6 Å². The molecule has 1 N–H and O–H groups in total. The van der Waals surface area contributed by atoms with Crippen molar-refractivity contribution in [3.05, 3.63) is 0 Å². The first-order valence-corrected chi connectivity index (χ1v) is 6.54. The molecule has 98 valence electrons. The highest BCUT2D eigenvalue weighted by molar-refractivity contribution is 5.70. The first-order valence-electron chi connectivity index (χ1n) is 6.54. The maximum atomic E-state index is 12.0. The van der Waals surface area contributed by atoms with Gasteiger partial charge < -0.3 is 15.0 Å². The van der Waals surface area contributed by atoms with Crippen LogP contribution in [-0.4, -0.2) is 42.3 Å². The van der Waals surface area contributed by atoms with E-state index in [-0.39, 0.29) is 6.09 Å². The molecule has 0 aromatic rings. The van der Waals surface area contributed by atoms with Crippen LogP contribution < -0.4 is 5.32 Å². The monoisotopic (exact) mass is 240 g/mol. The Balaban J connectivity index is 1.92. The van der Waals surface area contributed by atoms with Gasteiger partial charge in [0, 0.05) is 18.0 Å². The SMILES string of the molecule is CC1N(C(=O)OC(C)(C)C)CC12CCNCC2. The number of likely N-dealkylation sites (tertiary alicyclic amines) is 1. The molecule has 1 unspecified atom stereocenters. The number of piperidine rings is 1. The van der Waals surface area contributed by atoms with Gasteiger partial charge in [-0.2, -0.15) is 0 Å². The molecular formula is C13H24N2O2. The van der Waals surface area contributed by atoms with Crippen molar-refractivity contribution in [1.82, 2.24) is 10.2 Å². The van der Waals surface area contributed by atoms with Crippen molar-refractivity contribution in [2.75, 3.05) is 19.6 Å². The van der Waals surface area contributed by atoms with Crippen molar-refractivity contribution < 1.29 is 9.53 Å². The van der Waals surface area contributed by atoms with Gasteiger partial charge in [-0.3, -0.25) is 0 Å². The molecule has 2 rings (SSSR count). The van der Waals surface area contributed by atoms with Crippen molar-refractivity contribution in [3.63, 3.8) is 0 Å². The Bertz CT molecular complexity index is 303. The molecule has 0 aliphatic carbocycles. The van der Waals surface area contributed by atoms with Crippen LogP contribution in [0.25, 0.3) is 0 Å². The van der Waals surface area contributed by atoms with Crippen LogP contribution in [-0.2, 0) is 4.74 Å². The van der Waals surface area contributed by atoms with E-state index in [1.807, 2.05) is 25.7 Å². The highest BCUT2D eigenvalue weighted by Crippen LogP contribution is 2.45. The van der Waals surface area contributed by atoms with Crippen LogP contribution in [0.1, 0.15) is 40.5 Å². The second-order valence-electron chi connectivity index (χ2n) is 6.40. The van der Waals surface area contributed by atoms with E-state index in [9.17, 15) is 4.79 Å². The predicted octanol–water partition coefficient (Wildman–Crippen LogP) is 2.00. The molecule has 2 fully saturated rings. The minimum Gasteiger partial charge on any atom is -0.444 e. The number of ether oxygens (including phenoxy) is 1. The molecule has 2 aliphatic rings. The Hall–Kier alpha value is -0.770. The Labute approximate surface area is 104 Å². The lowest BCUT2D eigenvalue weighted by molar-refractivity contribution is -0.0869. The summed E-state index contributed by atoms with van der Waals surface area (Å²) in [6, 6.07) is 0.319. The van der Waals surface area contributed by atoms with Gasteiger partial charge in [0.2, 0.25) is 0 Å². The maximum absolute atomic E-state index is 12.0. The Kier molecular flexibility index (Phi) is 3.10. The van der Waals surface area contributed by atoms with Gasteiger partial charge in [-0.25, -0.2) is 4.79 Å². The molecule has 2 aliphatic heterocycles. The molecule has 0 aromatic heterocycles. The number of rotatable bonds is 0. The topological polar surface area (TPSA) is 41.6 Å². The molecule has 0 aromatic carbocycles. The van der Waals surface area contributed by atoms with Gasteiger partial charge in [-0.05, 0) is 53.6 Å². The summed E-state index contributed by atoms with van der Waals surface area (Å²) < 4.78 is 5.42. The summed E-state index contributed by atoms with van der Waals surface area (Å²) in [5.74, 6) is 0. The third-order valence-corrected chi connectivity index (χ3v) is 4.07. The molecule has 4 heteroatoms. The second-order valence-corrected chi connectivity index (χ2v) is 6.40. The van der Waals surface area contributed by atoms with E-state index in [1.165, 1.54) is 12.8 Å². The molecule has 4 nitrogen and oxygen atoms in total. The van der Waals surface area contributed by atoms with E-state index in [1.54, 1.807) is 0 Å². The number of amides is 1. The molecule has 2 heterocycles. The number of carbonyl (C=O) groups is 1. The van der Waals surface area contributed by atoms with Crippen molar-refractivity contribution in [2.45, 2.75) is 52.2 Å². The average Bonchev–Trinajstić information content (AvgIpc) is 2.24. The standard InChI is InChI=1S/C13H24N2O2/c1-10-13(5-7-14-8-6-13)9-15(10)11(16)17-12(2,3)4/h10,14H,5-9H2,1-4H3. The number of nitrogens with one attached hydrogen (secondary N) is 1. The third kappa shape index (κ3) is 2.41. The quantitative estimate of drug-likeness (QED) is 0.704. The highest BCUT2D eigenvalue weighted by Gasteiger charge is 2.52. The lowest BCUT2D eigenvalue weighted by atomic mass is 9.66. The minimum atomic E-state index is -0.395. The van der Waals surface area contributed by atoms with Gasteiger partial charge in [0.1, 0.15) is 5.60 Å². The van der Waals surface area contributed by atoms with Gasteiger partial charge in [-0.15, -0.1) is 0 Å². The van der Waals surface area contributed by atoms with Gasteiger partial charge in [0.15, 0.2) is 0 Å². The molecule has 0 radical (unpaired) electrons. The molecule has 0 saturated carbocycles. The Morgan fingerprint density at radius 1 is 1.35 bits per heavy atom. The van der Waals surface area contributed by atoms with Gasteiger partial charge in [-0.1, -0.05) is 0 Å². The number of nitrogens with zero attached hydrogens (tertiary/aromatic N) is 1.